The highest BCUT2D eigenvalue weighted by Crippen LogP contribution is 2.15. The maximum atomic E-state index is 11.2. The number of hydrogen-bond acceptors (Lipinski definition) is 2. The summed E-state index contributed by atoms with van der Waals surface area (Å²) in [5.74, 6) is 1.49. The zero-order chi connectivity index (χ0) is 12.0. The second kappa shape index (κ2) is 7.20. The zero-order valence-corrected chi connectivity index (χ0v) is 12.2. The van der Waals surface area contributed by atoms with Crippen molar-refractivity contribution in [3.05, 3.63) is 33.8 Å². The van der Waals surface area contributed by atoms with Crippen molar-refractivity contribution >= 4 is 26.7 Å². The second-order valence-corrected chi connectivity index (χ2v) is 6.46. The Kier molecular flexibility index (Phi) is 6.24. The molecule has 0 spiro atoms. The first-order valence-corrected chi connectivity index (χ1v) is 7.72. The van der Waals surface area contributed by atoms with E-state index in [0.717, 1.165) is 29.1 Å². The molecule has 4 heteroatoms. The van der Waals surface area contributed by atoms with Crippen molar-refractivity contribution < 1.29 is 4.21 Å². The molecule has 0 amide bonds. The van der Waals surface area contributed by atoms with E-state index >= 15 is 0 Å². The molecule has 90 valence electrons. The number of hydrogen-bond donors (Lipinski definition) is 1. The van der Waals surface area contributed by atoms with Crippen LogP contribution in [0.5, 0.6) is 0 Å². The van der Waals surface area contributed by atoms with Crippen LogP contribution in [0.2, 0.25) is 0 Å². The summed E-state index contributed by atoms with van der Waals surface area (Å²) >= 11 is 3.45. The number of halogens is 1. The summed E-state index contributed by atoms with van der Waals surface area (Å²) in [5.41, 5.74) is 2.57. The third kappa shape index (κ3) is 4.76. The Morgan fingerprint density at radius 3 is 2.81 bits per heavy atom. The van der Waals surface area contributed by atoms with E-state index in [0.29, 0.717) is 0 Å². The van der Waals surface area contributed by atoms with E-state index < -0.39 is 10.8 Å². The third-order valence-electron chi connectivity index (χ3n) is 2.45. The molecule has 0 aliphatic heterocycles. The van der Waals surface area contributed by atoms with Gasteiger partial charge in [-0.3, -0.25) is 4.21 Å². The smallest absolute Gasteiger partial charge is 0.0360 e. The van der Waals surface area contributed by atoms with Crippen LogP contribution in [0.1, 0.15) is 18.1 Å². The molecule has 0 fully saturated rings. The molecule has 0 radical (unpaired) electrons. The summed E-state index contributed by atoms with van der Waals surface area (Å²) in [5, 5.41) is 3.32. The Labute approximate surface area is 108 Å². The van der Waals surface area contributed by atoms with Gasteiger partial charge in [0.25, 0.3) is 0 Å². The lowest BCUT2D eigenvalue weighted by Gasteiger charge is -2.07. The highest BCUT2D eigenvalue weighted by molar-refractivity contribution is 9.10. The average molecular weight is 304 g/mol. The Bertz CT molecular complexity index is 368. The summed E-state index contributed by atoms with van der Waals surface area (Å²) in [6.07, 6.45) is 0. The summed E-state index contributed by atoms with van der Waals surface area (Å²) in [4.78, 5) is 0. The molecule has 0 saturated carbocycles. The van der Waals surface area contributed by atoms with Crippen molar-refractivity contribution in [3.8, 4) is 0 Å². The highest BCUT2D eigenvalue weighted by Gasteiger charge is 1.99. The molecule has 1 aromatic carbocycles. The van der Waals surface area contributed by atoms with Gasteiger partial charge in [-0.15, -0.1) is 0 Å². The van der Waals surface area contributed by atoms with Crippen LogP contribution < -0.4 is 5.32 Å². The van der Waals surface area contributed by atoms with E-state index in [-0.39, 0.29) is 0 Å². The third-order valence-corrected chi connectivity index (χ3v) is 4.25. The minimum absolute atomic E-state index is 0.664. The molecule has 0 aliphatic rings. The van der Waals surface area contributed by atoms with Crippen LogP contribution in [-0.4, -0.2) is 22.3 Å². The van der Waals surface area contributed by atoms with E-state index in [2.05, 4.69) is 40.3 Å². The van der Waals surface area contributed by atoms with Crippen LogP contribution in [0.15, 0.2) is 22.7 Å². The van der Waals surface area contributed by atoms with Crippen molar-refractivity contribution in [2.75, 3.05) is 18.1 Å². The van der Waals surface area contributed by atoms with E-state index in [9.17, 15) is 4.21 Å². The molecule has 1 atom stereocenters. The van der Waals surface area contributed by atoms with Crippen LogP contribution >= 0.6 is 15.9 Å². The lowest BCUT2D eigenvalue weighted by atomic mass is 10.1. The average Bonchev–Trinajstić information content (AvgIpc) is 2.26. The molecular formula is C12H18BrNOS. The molecule has 1 aromatic rings. The van der Waals surface area contributed by atoms with Gasteiger partial charge in [-0.2, -0.15) is 0 Å². The molecule has 16 heavy (non-hydrogen) atoms. The summed E-state index contributed by atoms with van der Waals surface area (Å²) in [6.45, 7) is 5.72. The SMILES string of the molecule is CCS(=O)CCNCc1ccc(Br)cc1C. The van der Waals surface area contributed by atoms with Crippen LogP contribution in [0.3, 0.4) is 0 Å². The van der Waals surface area contributed by atoms with Gasteiger partial charge < -0.3 is 5.32 Å². The van der Waals surface area contributed by atoms with Crippen LogP contribution in [0, 0.1) is 6.92 Å². The summed E-state index contributed by atoms with van der Waals surface area (Å²) in [6, 6.07) is 6.28. The van der Waals surface area contributed by atoms with Gasteiger partial charge in [-0.25, -0.2) is 0 Å². The fourth-order valence-corrected chi connectivity index (χ4v) is 2.55. The van der Waals surface area contributed by atoms with Crippen molar-refractivity contribution in [1.29, 1.82) is 0 Å². The van der Waals surface area contributed by atoms with Gasteiger partial charge in [0.05, 0.1) is 0 Å². The lowest BCUT2D eigenvalue weighted by Crippen LogP contribution is -2.21. The van der Waals surface area contributed by atoms with Gasteiger partial charge in [0.1, 0.15) is 0 Å². The second-order valence-electron chi connectivity index (χ2n) is 3.68. The van der Waals surface area contributed by atoms with Gasteiger partial charge in [0, 0.05) is 39.9 Å². The van der Waals surface area contributed by atoms with E-state index in [1.807, 2.05) is 13.0 Å². The van der Waals surface area contributed by atoms with Crippen LogP contribution in [0.25, 0.3) is 0 Å². The summed E-state index contributed by atoms with van der Waals surface area (Å²) in [7, 11) is -0.664. The predicted molar refractivity (Wildman–Crippen MR) is 74.1 cm³/mol. The predicted octanol–water partition coefficient (Wildman–Crippen LogP) is 2.62. The fraction of sp³-hybridized carbons (Fsp3) is 0.500. The quantitative estimate of drug-likeness (QED) is 0.819. The van der Waals surface area contributed by atoms with Gasteiger partial charge in [0.2, 0.25) is 0 Å². The molecule has 1 N–H and O–H groups in total. The van der Waals surface area contributed by atoms with Crippen molar-refractivity contribution in [2.45, 2.75) is 20.4 Å². The summed E-state index contributed by atoms with van der Waals surface area (Å²) < 4.78 is 12.3. The first-order valence-electron chi connectivity index (χ1n) is 5.44. The van der Waals surface area contributed by atoms with Gasteiger partial charge in [-0.1, -0.05) is 28.9 Å². The number of benzene rings is 1. The minimum Gasteiger partial charge on any atom is -0.312 e. The van der Waals surface area contributed by atoms with Gasteiger partial charge in [0.15, 0.2) is 0 Å². The van der Waals surface area contributed by atoms with Crippen LogP contribution in [0.4, 0.5) is 0 Å². The standard InChI is InChI=1S/C12H18BrNOS/c1-3-16(15)7-6-14-9-11-4-5-12(13)8-10(11)2/h4-5,8,14H,3,6-7,9H2,1-2H3. The number of aryl methyl sites for hydroxylation is 1. The molecular weight excluding hydrogens is 286 g/mol. The monoisotopic (exact) mass is 303 g/mol. The first-order chi connectivity index (χ1) is 7.63. The van der Waals surface area contributed by atoms with Crippen molar-refractivity contribution in [2.24, 2.45) is 0 Å². The normalized spacial score (nSPS) is 12.7. The first kappa shape index (κ1) is 13.9. The minimum atomic E-state index is -0.664. The molecule has 0 aliphatic carbocycles. The van der Waals surface area contributed by atoms with Gasteiger partial charge >= 0.3 is 0 Å². The fourth-order valence-electron chi connectivity index (χ4n) is 1.41. The van der Waals surface area contributed by atoms with Crippen molar-refractivity contribution in [1.82, 2.24) is 5.32 Å². The van der Waals surface area contributed by atoms with E-state index in [1.165, 1.54) is 11.1 Å². The zero-order valence-electron chi connectivity index (χ0n) is 9.75. The van der Waals surface area contributed by atoms with Crippen LogP contribution in [-0.2, 0) is 17.3 Å². The maximum absolute atomic E-state index is 11.2. The molecule has 1 unspecified atom stereocenters. The van der Waals surface area contributed by atoms with Crippen molar-refractivity contribution in [3.63, 3.8) is 0 Å². The molecule has 2 nitrogen and oxygen atoms in total. The number of nitrogens with one attached hydrogen (secondary N) is 1. The molecule has 0 bridgehead atoms. The Balaban J connectivity index is 2.35. The molecule has 0 aromatic heterocycles. The molecule has 0 saturated heterocycles. The largest absolute Gasteiger partial charge is 0.312 e. The van der Waals surface area contributed by atoms with E-state index in [4.69, 9.17) is 0 Å². The highest BCUT2D eigenvalue weighted by atomic mass is 79.9. The Morgan fingerprint density at radius 2 is 2.19 bits per heavy atom. The number of rotatable bonds is 6. The Morgan fingerprint density at radius 1 is 1.44 bits per heavy atom. The topological polar surface area (TPSA) is 29.1 Å². The molecule has 0 heterocycles. The lowest BCUT2D eigenvalue weighted by molar-refractivity contribution is 0.673. The molecule has 1 rings (SSSR count). The van der Waals surface area contributed by atoms with Gasteiger partial charge in [-0.05, 0) is 30.2 Å². The maximum Gasteiger partial charge on any atom is 0.0360 e. The Hall–Kier alpha value is -0.190. The van der Waals surface area contributed by atoms with E-state index in [1.54, 1.807) is 0 Å².